The zero-order chi connectivity index (χ0) is 34.1. The topological polar surface area (TPSA) is 177 Å². The van der Waals surface area contributed by atoms with Gasteiger partial charge in [-0.2, -0.15) is 0 Å². The highest BCUT2D eigenvalue weighted by Gasteiger charge is 2.93. The predicted molar refractivity (Wildman–Crippen MR) is 156 cm³/mol. The van der Waals surface area contributed by atoms with Crippen LogP contribution in [-0.4, -0.2) is 83.8 Å². The maximum Gasteiger partial charge on any atom is 0.303 e. The van der Waals surface area contributed by atoms with Crippen LogP contribution in [0.3, 0.4) is 0 Å². The van der Waals surface area contributed by atoms with Gasteiger partial charge in [-0.15, -0.1) is 0 Å². The monoisotopic (exact) mass is 658 g/mol. The van der Waals surface area contributed by atoms with Gasteiger partial charge in [0.2, 0.25) is 0 Å². The van der Waals surface area contributed by atoms with Crippen LogP contribution >= 0.6 is 0 Å². The Morgan fingerprint density at radius 2 is 1.45 bits per heavy atom. The molecule has 7 rings (SSSR count). The first-order valence-corrected chi connectivity index (χ1v) is 16.2. The number of carbonyl (C=O) groups is 5. The van der Waals surface area contributed by atoms with Crippen LogP contribution in [0, 0.1) is 33.5 Å². The standard InChI is InChI=1S/C34H42O13/c1-15(35)43-22-12-24(45-17(3)37)33-14-42-29(40)30(22,5)21(33)11-23(44-16(2)36)32(7)27(33)26(39)28(46-18(4)38)31(6)20(19-8-9-41-13-19)10-25-34(31,32)47-25/h8-9,13,20-25,27-29,40H,10-12,14H2,1-7H3/t20-,21-,22+,23+,24-,25+,27-,28-,29?,30+,31+,32+,33+,34+/m0/s1. The molecule has 3 heterocycles. The average Bonchev–Trinajstić information content (AvgIpc) is 3.33. The molecule has 1 spiro atoms. The zero-order valence-electron chi connectivity index (χ0n) is 27.6. The zero-order valence-corrected chi connectivity index (χ0v) is 27.6. The summed E-state index contributed by atoms with van der Waals surface area (Å²) in [6.45, 7) is 10.4. The fourth-order valence-electron chi connectivity index (χ4n) is 11.7. The van der Waals surface area contributed by atoms with Gasteiger partial charge in [0.25, 0.3) is 0 Å². The number of ketones is 1. The smallest absolute Gasteiger partial charge is 0.303 e. The van der Waals surface area contributed by atoms with Crippen LogP contribution in [0.2, 0.25) is 0 Å². The second-order valence-electron chi connectivity index (χ2n) is 15.0. The predicted octanol–water partition coefficient (Wildman–Crippen LogP) is 2.61. The van der Waals surface area contributed by atoms with E-state index in [-0.39, 0.29) is 25.4 Å². The van der Waals surface area contributed by atoms with Crippen molar-refractivity contribution in [2.45, 2.75) is 116 Å². The van der Waals surface area contributed by atoms with Crippen LogP contribution in [0.25, 0.3) is 0 Å². The summed E-state index contributed by atoms with van der Waals surface area (Å²) >= 11 is 0. The van der Waals surface area contributed by atoms with E-state index in [0.29, 0.717) is 6.42 Å². The van der Waals surface area contributed by atoms with E-state index in [1.165, 1.54) is 27.7 Å². The highest BCUT2D eigenvalue weighted by atomic mass is 16.6. The molecule has 14 atom stereocenters. The molecule has 1 unspecified atom stereocenters. The van der Waals surface area contributed by atoms with Gasteiger partial charge in [-0.1, -0.05) is 20.8 Å². The molecule has 4 aliphatic carbocycles. The van der Waals surface area contributed by atoms with Crippen molar-refractivity contribution in [1.82, 2.24) is 0 Å². The van der Waals surface area contributed by atoms with Gasteiger partial charge in [-0.3, -0.25) is 24.0 Å². The molecule has 1 aromatic rings. The summed E-state index contributed by atoms with van der Waals surface area (Å²) in [4.78, 5) is 66.4. The number of Topliss-reactive ketones (excluding diaryl/α,β-unsaturated/α-hetero) is 1. The summed E-state index contributed by atoms with van der Waals surface area (Å²) < 4.78 is 42.4. The number of fused-ring (bicyclic) bond motifs is 1. The number of hydrogen-bond donors (Lipinski definition) is 1. The Hall–Kier alpha value is -3.29. The van der Waals surface area contributed by atoms with Crippen molar-refractivity contribution in [3.8, 4) is 0 Å². The molecule has 13 heteroatoms. The Morgan fingerprint density at radius 1 is 0.830 bits per heavy atom. The largest absolute Gasteiger partial charge is 0.472 e. The number of ether oxygens (including phenoxy) is 6. The van der Waals surface area contributed by atoms with Crippen molar-refractivity contribution in [2.24, 2.45) is 33.5 Å². The van der Waals surface area contributed by atoms with Crippen LogP contribution < -0.4 is 0 Å². The molecule has 1 N–H and O–H groups in total. The fraction of sp³-hybridized carbons (Fsp3) is 0.735. The van der Waals surface area contributed by atoms with E-state index in [0.717, 1.165) is 5.56 Å². The lowest BCUT2D eigenvalue weighted by Crippen LogP contribution is -2.82. The van der Waals surface area contributed by atoms with E-state index in [1.54, 1.807) is 19.5 Å². The highest BCUT2D eigenvalue weighted by molar-refractivity contribution is 5.93. The van der Waals surface area contributed by atoms with Gasteiger partial charge in [-0.25, -0.2) is 0 Å². The number of carbonyl (C=O) groups excluding carboxylic acids is 5. The van der Waals surface area contributed by atoms with Crippen molar-refractivity contribution in [2.75, 3.05) is 6.61 Å². The van der Waals surface area contributed by atoms with Crippen LogP contribution in [0.15, 0.2) is 23.0 Å². The van der Waals surface area contributed by atoms with Gasteiger partial charge >= 0.3 is 23.9 Å². The van der Waals surface area contributed by atoms with Gasteiger partial charge in [0.1, 0.15) is 23.9 Å². The van der Waals surface area contributed by atoms with Gasteiger partial charge in [0.15, 0.2) is 18.2 Å². The van der Waals surface area contributed by atoms with E-state index in [4.69, 9.17) is 32.8 Å². The summed E-state index contributed by atoms with van der Waals surface area (Å²) in [5.74, 6) is -5.05. The van der Waals surface area contributed by atoms with Crippen LogP contribution in [-0.2, 0) is 52.4 Å². The number of aliphatic hydroxyl groups excluding tert-OH is 1. The van der Waals surface area contributed by atoms with Gasteiger partial charge < -0.3 is 37.9 Å². The third kappa shape index (κ3) is 3.79. The molecule has 0 radical (unpaired) electrons. The lowest BCUT2D eigenvalue weighted by atomic mass is 9.33. The number of esters is 4. The minimum Gasteiger partial charge on any atom is -0.472 e. The summed E-state index contributed by atoms with van der Waals surface area (Å²) in [5, 5.41) is 11.5. The second kappa shape index (κ2) is 10.1. The van der Waals surface area contributed by atoms with Crippen molar-refractivity contribution in [3.63, 3.8) is 0 Å². The van der Waals surface area contributed by atoms with Crippen LogP contribution in [0.1, 0.15) is 79.2 Å². The molecule has 13 nitrogen and oxygen atoms in total. The number of rotatable bonds is 5. The van der Waals surface area contributed by atoms with Crippen molar-refractivity contribution in [1.29, 1.82) is 0 Å². The Labute approximate surface area is 271 Å². The first kappa shape index (κ1) is 32.3. The van der Waals surface area contributed by atoms with Crippen LogP contribution in [0.5, 0.6) is 0 Å². The number of hydrogen-bond acceptors (Lipinski definition) is 13. The van der Waals surface area contributed by atoms with E-state index in [1.807, 2.05) is 19.9 Å². The Kier molecular flexibility index (Phi) is 6.94. The summed E-state index contributed by atoms with van der Waals surface area (Å²) in [5.41, 5.74) is -5.32. The maximum absolute atomic E-state index is 15.5. The molecule has 2 bridgehead atoms. The molecule has 2 aliphatic heterocycles. The van der Waals surface area contributed by atoms with Gasteiger partial charge in [-0.05, 0) is 30.4 Å². The summed E-state index contributed by atoms with van der Waals surface area (Å²) in [6, 6.07) is 1.83. The first-order valence-electron chi connectivity index (χ1n) is 16.2. The molecule has 1 aromatic heterocycles. The number of aliphatic hydroxyl groups is 1. The van der Waals surface area contributed by atoms with Gasteiger partial charge in [0, 0.05) is 56.8 Å². The third-order valence-electron chi connectivity index (χ3n) is 13.1. The quantitative estimate of drug-likeness (QED) is 0.278. The SMILES string of the molecule is CC(=O)O[C@H]1C[C@@H](OC(C)=O)[C@]2(C)C(O)OC[C@]13[C@H]1C(=O)[C@H](OC(C)=O)[C@@]4(C)[C@H](c5ccoc5)C[C@H]5O[C@]54[C@]1(C)[C@H](OC(C)=O)C[C@@H]23. The molecule has 4 saturated carbocycles. The lowest BCUT2D eigenvalue weighted by Gasteiger charge is -2.73. The van der Waals surface area contributed by atoms with Crippen LogP contribution in [0.4, 0.5) is 0 Å². The third-order valence-corrected chi connectivity index (χ3v) is 13.1. The highest BCUT2D eigenvalue weighted by Crippen LogP contribution is 2.83. The first-order chi connectivity index (χ1) is 22.0. The van der Waals surface area contributed by atoms with E-state index >= 15 is 4.79 Å². The molecule has 47 heavy (non-hydrogen) atoms. The second-order valence-corrected chi connectivity index (χ2v) is 15.0. The normalized spacial score (nSPS) is 48.9. The van der Waals surface area contributed by atoms with E-state index < -0.39 is 106 Å². The molecular weight excluding hydrogens is 616 g/mol. The molecular formula is C34H42O13. The molecule has 6 fully saturated rings. The van der Waals surface area contributed by atoms with Crippen molar-refractivity contribution in [3.05, 3.63) is 24.2 Å². The molecule has 256 valence electrons. The molecule has 0 amide bonds. The average molecular weight is 659 g/mol. The Bertz CT molecular complexity index is 1540. The van der Waals surface area contributed by atoms with Gasteiger partial charge in [0.05, 0.1) is 36.1 Å². The minimum atomic E-state index is -1.43. The van der Waals surface area contributed by atoms with Crippen molar-refractivity contribution < 1.29 is 61.9 Å². The minimum absolute atomic E-state index is 0.0187. The lowest BCUT2D eigenvalue weighted by molar-refractivity contribution is -0.374. The molecule has 2 saturated heterocycles. The summed E-state index contributed by atoms with van der Waals surface area (Å²) in [6.07, 6.45) is -2.32. The molecule has 0 aromatic carbocycles. The Balaban J connectivity index is 1.50. The fourth-order valence-corrected chi connectivity index (χ4v) is 11.7. The summed E-state index contributed by atoms with van der Waals surface area (Å²) in [7, 11) is 0. The van der Waals surface area contributed by atoms with E-state index in [2.05, 4.69) is 0 Å². The number of epoxide rings is 1. The Morgan fingerprint density at radius 3 is 2.04 bits per heavy atom. The molecule has 6 aliphatic rings. The number of furan rings is 1. The van der Waals surface area contributed by atoms with E-state index in [9.17, 15) is 24.3 Å². The maximum atomic E-state index is 15.5. The van der Waals surface area contributed by atoms with Crippen molar-refractivity contribution >= 4 is 29.7 Å².